The number of imide groups is 1. The first-order valence-corrected chi connectivity index (χ1v) is 11.1. The molecule has 9 heteroatoms. The lowest BCUT2D eigenvalue weighted by atomic mass is 10.0. The van der Waals surface area contributed by atoms with Crippen LogP contribution in [0.25, 0.3) is 5.69 Å². The lowest BCUT2D eigenvalue weighted by Crippen LogP contribution is -2.32. The SMILES string of the molecule is O=C1c2ccccc2C(=O)N1CCc1nnc2n1-c1c(Cl)cccc1C(c1ccccn1)=NC2. The molecule has 2 aromatic heterocycles. The molecule has 0 saturated carbocycles. The highest BCUT2D eigenvalue weighted by Gasteiger charge is 2.35. The van der Waals surface area contributed by atoms with Crippen LogP contribution in [0, 0.1) is 0 Å². The number of hydrogen-bond acceptors (Lipinski definition) is 6. The molecule has 0 bridgehead atoms. The maximum atomic E-state index is 12.8. The average Bonchev–Trinajstić information content (AvgIpc) is 3.30. The second-order valence-electron chi connectivity index (χ2n) is 7.94. The third-order valence-corrected chi connectivity index (χ3v) is 6.29. The van der Waals surface area contributed by atoms with Crippen LogP contribution in [0.3, 0.4) is 0 Å². The van der Waals surface area contributed by atoms with Crippen LogP contribution in [0.5, 0.6) is 0 Å². The van der Waals surface area contributed by atoms with Crippen LogP contribution in [0.1, 0.15) is 43.6 Å². The van der Waals surface area contributed by atoms with Crippen LogP contribution < -0.4 is 0 Å². The molecule has 6 rings (SSSR count). The van der Waals surface area contributed by atoms with E-state index in [9.17, 15) is 9.59 Å². The van der Waals surface area contributed by atoms with Gasteiger partial charge in [-0.2, -0.15) is 0 Å². The second-order valence-corrected chi connectivity index (χ2v) is 8.35. The van der Waals surface area contributed by atoms with Crippen LogP contribution in [0.15, 0.2) is 71.9 Å². The van der Waals surface area contributed by atoms with Gasteiger partial charge in [0.25, 0.3) is 11.8 Å². The van der Waals surface area contributed by atoms with Gasteiger partial charge < -0.3 is 0 Å². The fraction of sp³-hybridized carbons (Fsp3) is 0.120. The van der Waals surface area contributed by atoms with Gasteiger partial charge in [0.15, 0.2) is 5.82 Å². The Morgan fingerprint density at radius 3 is 2.32 bits per heavy atom. The van der Waals surface area contributed by atoms with Gasteiger partial charge in [-0.05, 0) is 30.3 Å². The minimum Gasteiger partial charge on any atom is -0.279 e. The molecular formula is C25H17ClN6O2. The van der Waals surface area contributed by atoms with Gasteiger partial charge in [0.1, 0.15) is 12.4 Å². The van der Waals surface area contributed by atoms with Crippen molar-refractivity contribution in [2.24, 2.45) is 4.99 Å². The summed E-state index contributed by atoms with van der Waals surface area (Å²) in [6.45, 7) is 0.467. The minimum atomic E-state index is -0.296. The van der Waals surface area contributed by atoms with Crippen molar-refractivity contribution >= 4 is 29.1 Å². The summed E-state index contributed by atoms with van der Waals surface area (Å²) in [6.07, 6.45) is 2.04. The number of carbonyl (C=O) groups excluding carboxylic acids is 2. The number of hydrogen-bond donors (Lipinski definition) is 0. The average molecular weight is 469 g/mol. The number of para-hydroxylation sites is 1. The Bertz CT molecular complexity index is 1460. The molecule has 0 spiro atoms. The van der Waals surface area contributed by atoms with E-state index in [0.29, 0.717) is 39.9 Å². The molecule has 8 nitrogen and oxygen atoms in total. The number of aliphatic imine (C=N–C) groups is 1. The molecular weight excluding hydrogens is 452 g/mol. The number of nitrogens with zero attached hydrogens (tertiary/aromatic N) is 6. The highest BCUT2D eigenvalue weighted by molar-refractivity contribution is 6.33. The fourth-order valence-electron chi connectivity index (χ4n) is 4.42. The highest BCUT2D eigenvalue weighted by Crippen LogP contribution is 2.31. The van der Waals surface area contributed by atoms with Crippen LogP contribution >= 0.6 is 11.6 Å². The molecule has 0 N–H and O–H groups in total. The molecule has 4 heterocycles. The molecule has 2 aliphatic heterocycles. The Hall–Kier alpha value is -4.17. The predicted octanol–water partition coefficient (Wildman–Crippen LogP) is 3.51. The zero-order chi connectivity index (χ0) is 23.2. The maximum Gasteiger partial charge on any atom is 0.261 e. The third-order valence-electron chi connectivity index (χ3n) is 5.99. The van der Waals surface area contributed by atoms with Crippen molar-refractivity contribution in [3.8, 4) is 5.69 Å². The number of halogens is 1. The van der Waals surface area contributed by atoms with Gasteiger partial charge in [-0.15, -0.1) is 10.2 Å². The van der Waals surface area contributed by atoms with Crippen molar-refractivity contribution < 1.29 is 9.59 Å². The van der Waals surface area contributed by atoms with Crippen molar-refractivity contribution in [2.75, 3.05) is 6.54 Å². The molecule has 0 fully saturated rings. The number of rotatable bonds is 4. The summed E-state index contributed by atoms with van der Waals surface area (Å²) in [7, 11) is 0. The topological polar surface area (TPSA) is 93.3 Å². The van der Waals surface area contributed by atoms with Crippen molar-refractivity contribution in [1.29, 1.82) is 0 Å². The Labute approximate surface area is 199 Å². The van der Waals surface area contributed by atoms with Gasteiger partial charge >= 0.3 is 0 Å². The Kier molecular flexibility index (Phi) is 4.81. The molecule has 0 atom stereocenters. The van der Waals surface area contributed by atoms with Gasteiger partial charge in [-0.25, -0.2) is 0 Å². The van der Waals surface area contributed by atoms with Gasteiger partial charge in [-0.1, -0.05) is 41.9 Å². The van der Waals surface area contributed by atoms with E-state index in [2.05, 4.69) is 15.2 Å². The summed E-state index contributed by atoms with van der Waals surface area (Å²) in [5.74, 6) is 0.627. The summed E-state index contributed by atoms with van der Waals surface area (Å²) in [6, 6.07) is 18.1. The summed E-state index contributed by atoms with van der Waals surface area (Å²) in [4.78, 5) is 36.1. The molecule has 34 heavy (non-hydrogen) atoms. The first-order valence-electron chi connectivity index (χ1n) is 10.8. The molecule has 4 aromatic rings. The molecule has 0 aliphatic carbocycles. The van der Waals surface area contributed by atoms with Crippen molar-refractivity contribution in [3.05, 3.63) is 106 Å². The fourth-order valence-corrected chi connectivity index (χ4v) is 4.68. The van der Waals surface area contributed by atoms with Gasteiger partial charge in [0, 0.05) is 24.7 Å². The zero-order valence-corrected chi connectivity index (χ0v) is 18.6. The molecule has 0 unspecified atom stereocenters. The molecule has 166 valence electrons. The summed E-state index contributed by atoms with van der Waals surface area (Å²) < 4.78 is 1.88. The second kappa shape index (κ2) is 8.00. The summed E-state index contributed by atoms with van der Waals surface area (Å²) in [5.41, 5.74) is 3.83. The van der Waals surface area contributed by atoms with E-state index in [1.807, 2.05) is 34.9 Å². The van der Waals surface area contributed by atoms with E-state index in [1.54, 1.807) is 36.5 Å². The smallest absolute Gasteiger partial charge is 0.261 e. The number of amides is 2. The number of aromatic nitrogens is 4. The largest absolute Gasteiger partial charge is 0.279 e. The van der Waals surface area contributed by atoms with Crippen LogP contribution in [-0.2, 0) is 13.0 Å². The quantitative estimate of drug-likeness (QED) is 0.427. The van der Waals surface area contributed by atoms with E-state index in [4.69, 9.17) is 16.6 Å². The number of fused-ring (bicyclic) bond motifs is 4. The van der Waals surface area contributed by atoms with E-state index in [0.717, 1.165) is 17.0 Å². The molecule has 0 radical (unpaired) electrons. The summed E-state index contributed by atoms with van der Waals surface area (Å²) in [5, 5.41) is 9.22. The first-order chi connectivity index (χ1) is 16.6. The highest BCUT2D eigenvalue weighted by atomic mass is 35.5. The maximum absolute atomic E-state index is 12.8. The predicted molar refractivity (Wildman–Crippen MR) is 125 cm³/mol. The van der Waals surface area contributed by atoms with Gasteiger partial charge in [-0.3, -0.25) is 29.0 Å². The standard InChI is InChI=1S/C25H17ClN6O2/c26-18-9-5-8-17-22(19-10-3-4-12-27-19)28-14-21-30-29-20(32(21)23(17)18)11-13-31-24(33)15-6-1-2-7-16(15)25(31)34/h1-10,12H,11,13-14H2. The zero-order valence-electron chi connectivity index (χ0n) is 17.8. The summed E-state index contributed by atoms with van der Waals surface area (Å²) >= 11 is 6.69. The van der Waals surface area contributed by atoms with Crippen LogP contribution in [0.4, 0.5) is 0 Å². The van der Waals surface area contributed by atoms with Crippen molar-refractivity contribution in [1.82, 2.24) is 24.6 Å². The van der Waals surface area contributed by atoms with Gasteiger partial charge in [0.05, 0.1) is 33.2 Å². The number of carbonyl (C=O) groups is 2. The molecule has 2 aliphatic rings. The van der Waals surface area contributed by atoms with Crippen LogP contribution in [0.2, 0.25) is 5.02 Å². The van der Waals surface area contributed by atoms with E-state index >= 15 is 0 Å². The van der Waals surface area contributed by atoms with E-state index in [-0.39, 0.29) is 24.9 Å². The Morgan fingerprint density at radius 1 is 0.853 bits per heavy atom. The first kappa shape index (κ1) is 20.4. The number of pyridine rings is 1. The Balaban J connectivity index is 1.37. The lowest BCUT2D eigenvalue weighted by molar-refractivity contribution is 0.0655. The van der Waals surface area contributed by atoms with Gasteiger partial charge in [0.2, 0.25) is 0 Å². The molecule has 0 saturated heterocycles. The monoisotopic (exact) mass is 468 g/mol. The van der Waals surface area contributed by atoms with E-state index < -0.39 is 0 Å². The Morgan fingerprint density at radius 2 is 1.59 bits per heavy atom. The van der Waals surface area contributed by atoms with Crippen molar-refractivity contribution in [2.45, 2.75) is 13.0 Å². The molecule has 2 amide bonds. The minimum absolute atomic E-state index is 0.179. The van der Waals surface area contributed by atoms with Crippen LogP contribution in [-0.4, -0.2) is 48.7 Å². The third kappa shape index (κ3) is 3.14. The number of benzene rings is 2. The normalized spacial score (nSPS) is 14.4. The van der Waals surface area contributed by atoms with Crippen molar-refractivity contribution in [3.63, 3.8) is 0 Å². The van der Waals surface area contributed by atoms with E-state index in [1.165, 1.54) is 4.90 Å². The molecule has 2 aromatic carbocycles. The lowest BCUT2D eigenvalue weighted by Gasteiger charge is -2.16.